The standard InChI is InChI=1S/C16H26/c1-5-9-16(13(4)6-2)15-11-8-10-14(7-3)12-15/h8,10-13,16H,5-7,9H2,1-4H3. The minimum Gasteiger partial charge on any atom is -0.0654 e. The molecule has 0 nitrogen and oxygen atoms in total. The van der Waals surface area contributed by atoms with E-state index in [0.717, 1.165) is 18.3 Å². The lowest BCUT2D eigenvalue weighted by atomic mass is 9.82. The third kappa shape index (κ3) is 3.37. The number of hydrogen-bond acceptors (Lipinski definition) is 0. The summed E-state index contributed by atoms with van der Waals surface area (Å²) in [4.78, 5) is 0. The first-order valence-electron chi connectivity index (χ1n) is 6.81. The Kier molecular flexibility index (Phi) is 5.59. The van der Waals surface area contributed by atoms with E-state index in [0.29, 0.717) is 0 Å². The average Bonchev–Trinajstić information content (AvgIpc) is 2.35. The Morgan fingerprint density at radius 1 is 1.12 bits per heavy atom. The summed E-state index contributed by atoms with van der Waals surface area (Å²) in [6.45, 7) is 9.21. The van der Waals surface area contributed by atoms with Gasteiger partial charge in [-0.15, -0.1) is 0 Å². The molecule has 0 heteroatoms. The van der Waals surface area contributed by atoms with E-state index in [-0.39, 0.29) is 0 Å². The van der Waals surface area contributed by atoms with Gasteiger partial charge in [0.05, 0.1) is 0 Å². The molecule has 0 aliphatic heterocycles. The molecule has 0 saturated carbocycles. The Morgan fingerprint density at radius 3 is 2.44 bits per heavy atom. The summed E-state index contributed by atoms with van der Waals surface area (Å²) in [7, 11) is 0. The van der Waals surface area contributed by atoms with E-state index in [9.17, 15) is 0 Å². The Morgan fingerprint density at radius 2 is 1.88 bits per heavy atom. The molecule has 2 unspecified atom stereocenters. The normalized spacial score (nSPS) is 14.8. The lowest BCUT2D eigenvalue weighted by Gasteiger charge is -2.23. The zero-order valence-corrected chi connectivity index (χ0v) is 11.3. The highest BCUT2D eigenvalue weighted by molar-refractivity contribution is 5.26. The molecule has 1 aromatic carbocycles. The summed E-state index contributed by atoms with van der Waals surface area (Å²) in [5.41, 5.74) is 3.03. The fourth-order valence-electron chi connectivity index (χ4n) is 2.42. The van der Waals surface area contributed by atoms with Gasteiger partial charge in [0.2, 0.25) is 0 Å². The molecule has 0 aromatic heterocycles. The van der Waals surface area contributed by atoms with E-state index in [1.54, 1.807) is 5.56 Å². The second-order valence-electron chi connectivity index (χ2n) is 4.88. The maximum Gasteiger partial charge on any atom is -0.0136 e. The third-order valence-electron chi connectivity index (χ3n) is 3.72. The molecule has 0 aliphatic rings. The van der Waals surface area contributed by atoms with Crippen molar-refractivity contribution >= 4 is 0 Å². The molecule has 0 spiro atoms. The number of benzene rings is 1. The molecule has 0 radical (unpaired) electrons. The van der Waals surface area contributed by atoms with Crippen LogP contribution in [0.3, 0.4) is 0 Å². The summed E-state index contributed by atoms with van der Waals surface area (Å²) in [6, 6.07) is 9.18. The van der Waals surface area contributed by atoms with Crippen molar-refractivity contribution in [2.45, 2.75) is 59.3 Å². The maximum atomic E-state index is 2.41. The molecule has 0 fully saturated rings. The predicted molar refractivity (Wildman–Crippen MR) is 72.9 cm³/mol. The lowest BCUT2D eigenvalue weighted by Crippen LogP contribution is -2.09. The van der Waals surface area contributed by atoms with E-state index >= 15 is 0 Å². The molecule has 0 amide bonds. The van der Waals surface area contributed by atoms with Gasteiger partial charge in [0, 0.05) is 0 Å². The van der Waals surface area contributed by atoms with Crippen LogP contribution in [-0.2, 0) is 6.42 Å². The van der Waals surface area contributed by atoms with Crippen LogP contribution in [0.2, 0.25) is 0 Å². The van der Waals surface area contributed by atoms with Crippen molar-refractivity contribution in [2.24, 2.45) is 5.92 Å². The minimum atomic E-state index is 0.751. The van der Waals surface area contributed by atoms with Crippen LogP contribution in [-0.4, -0.2) is 0 Å². The molecule has 0 saturated heterocycles. The van der Waals surface area contributed by atoms with E-state index < -0.39 is 0 Å². The quantitative estimate of drug-likeness (QED) is 0.617. The van der Waals surface area contributed by atoms with Gasteiger partial charge in [-0.3, -0.25) is 0 Å². The first kappa shape index (κ1) is 13.3. The third-order valence-corrected chi connectivity index (χ3v) is 3.72. The fraction of sp³-hybridized carbons (Fsp3) is 0.625. The second-order valence-corrected chi connectivity index (χ2v) is 4.88. The van der Waals surface area contributed by atoms with Crippen LogP contribution < -0.4 is 0 Å². The van der Waals surface area contributed by atoms with Gasteiger partial charge in [-0.25, -0.2) is 0 Å². The van der Waals surface area contributed by atoms with Gasteiger partial charge in [0.25, 0.3) is 0 Å². The van der Waals surface area contributed by atoms with Crippen LogP contribution in [0.5, 0.6) is 0 Å². The SMILES string of the molecule is CCCC(c1cccc(CC)c1)C(C)CC. The zero-order chi connectivity index (χ0) is 12.0. The molecule has 1 aromatic rings. The molecule has 90 valence electrons. The number of hydrogen-bond donors (Lipinski definition) is 0. The van der Waals surface area contributed by atoms with E-state index in [1.165, 1.54) is 24.8 Å². The van der Waals surface area contributed by atoms with E-state index in [1.807, 2.05) is 0 Å². The van der Waals surface area contributed by atoms with Crippen LogP contribution in [0.4, 0.5) is 0 Å². The van der Waals surface area contributed by atoms with Crippen molar-refractivity contribution in [3.8, 4) is 0 Å². The van der Waals surface area contributed by atoms with Crippen LogP contribution >= 0.6 is 0 Å². The largest absolute Gasteiger partial charge is 0.0654 e. The first-order chi connectivity index (χ1) is 7.72. The highest BCUT2D eigenvalue weighted by atomic mass is 14.2. The van der Waals surface area contributed by atoms with Gasteiger partial charge in [-0.1, -0.05) is 64.8 Å². The number of aryl methyl sites for hydroxylation is 1. The van der Waals surface area contributed by atoms with Crippen molar-refractivity contribution in [1.29, 1.82) is 0 Å². The van der Waals surface area contributed by atoms with Gasteiger partial charge < -0.3 is 0 Å². The van der Waals surface area contributed by atoms with Gasteiger partial charge in [-0.05, 0) is 35.8 Å². The molecule has 0 bridgehead atoms. The molecule has 0 N–H and O–H groups in total. The fourth-order valence-corrected chi connectivity index (χ4v) is 2.42. The maximum absolute atomic E-state index is 2.41. The van der Waals surface area contributed by atoms with Crippen LogP contribution in [0.15, 0.2) is 24.3 Å². The average molecular weight is 218 g/mol. The van der Waals surface area contributed by atoms with Crippen molar-refractivity contribution < 1.29 is 0 Å². The van der Waals surface area contributed by atoms with Crippen LogP contribution in [0.25, 0.3) is 0 Å². The molecule has 0 aliphatic carbocycles. The van der Waals surface area contributed by atoms with Crippen LogP contribution in [0.1, 0.15) is 64.0 Å². The summed E-state index contributed by atoms with van der Waals surface area (Å²) in [5.74, 6) is 1.55. The van der Waals surface area contributed by atoms with Gasteiger partial charge >= 0.3 is 0 Å². The van der Waals surface area contributed by atoms with Crippen molar-refractivity contribution in [3.63, 3.8) is 0 Å². The Labute approximate surface area is 101 Å². The summed E-state index contributed by atoms with van der Waals surface area (Å²) in [6.07, 6.45) is 5.03. The molecule has 2 atom stereocenters. The smallest absolute Gasteiger partial charge is 0.0136 e. The zero-order valence-electron chi connectivity index (χ0n) is 11.3. The van der Waals surface area contributed by atoms with E-state index in [2.05, 4.69) is 52.0 Å². The highest BCUT2D eigenvalue weighted by Crippen LogP contribution is 2.31. The van der Waals surface area contributed by atoms with Gasteiger partial charge in [-0.2, -0.15) is 0 Å². The van der Waals surface area contributed by atoms with Gasteiger partial charge in [0.1, 0.15) is 0 Å². The summed E-state index contributed by atoms with van der Waals surface area (Å²) >= 11 is 0. The molecule has 16 heavy (non-hydrogen) atoms. The lowest BCUT2D eigenvalue weighted by molar-refractivity contribution is 0.418. The van der Waals surface area contributed by atoms with E-state index in [4.69, 9.17) is 0 Å². The van der Waals surface area contributed by atoms with Crippen molar-refractivity contribution in [2.75, 3.05) is 0 Å². The summed E-state index contributed by atoms with van der Waals surface area (Å²) < 4.78 is 0. The number of rotatable bonds is 6. The predicted octanol–water partition coefficient (Wildman–Crippen LogP) is 5.18. The van der Waals surface area contributed by atoms with Crippen molar-refractivity contribution in [1.82, 2.24) is 0 Å². The molecule has 1 rings (SSSR count). The highest BCUT2D eigenvalue weighted by Gasteiger charge is 2.16. The molecule has 0 heterocycles. The van der Waals surface area contributed by atoms with Crippen molar-refractivity contribution in [3.05, 3.63) is 35.4 Å². The topological polar surface area (TPSA) is 0 Å². The Balaban J connectivity index is 2.90. The Hall–Kier alpha value is -0.780. The minimum absolute atomic E-state index is 0.751. The molecular weight excluding hydrogens is 192 g/mol. The van der Waals surface area contributed by atoms with Crippen LogP contribution in [0, 0.1) is 5.92 Å². The summed E-state index contributed by atoms with van der Waals surface area (Å²) in [5, 5.41) is 0. The monoisotopic (exact) mass is 218 g/mol. The molecular formula is C16H26. The van der Waals surface area contributed by atoms with Gasteiger partial charge in [0.15, 0.2) is 0 Å². The second kappa shape index (κ2) is 6.73. The first-order valence-corrected chi connectivity index (χ1v) is 6.81. The Bertz CT molecular complexity index is 301.